The van der Waals surface area contributed by atoms with Gasteiger partial charge in [-0.25, -0.2) is 22.6 Å². The monoisotopic (exact) mass is 454 g/mol. The first kappa shape index (κ1) is 21.5. The minimum atomic E-state index is -3.74. The van der Waals surface area contributed by atoms with Crippen LogP contribution in [0.5, 0.6) is 0 Å². The van der Waals surface area contributed by atoms with Gasteiger partial charge >= 0.3 is 0 Å². The van der Waals surface area contributed by atoms with Crippen LogP contribution in [0.2, 0.25) is 5.02 Å². The molecule has 160 valence electrons. The average molecular weight is 455 g/mol. The van der Waals surface area contributed by atoms with E-state index in [1.54, 1.807) is 35.7 Å². The van der Waals surface area contributed by atoms with Crippen molar-refractivity contribution in [2.75, 3.05) is 0 Å². The first-order valence-corrected chi connectivity index (χ1v) is 11.7. The predicted octanol–water partition coefficient (Wildman–Crippen LogP) is 4.76. The van der Waals surface area contributed by atoms with Crippen molar-refractivity contribution < 1.29 is 8.42 Å². The molecule has 2 heterocycles. The molecule has 0 aliphatic rings. The topological polar surface area (TPSA) is 76.4 Å². The molecule has 31 heavy (non-hydrogen) atoms. The van der Waals surface area contributed by atoms with Crippen molar-refractivity contribution in [2.24, 2.45) is 0 Å². The zero-order valence-corrected chi connectivity index (χ0v) is 19.3. The van der Waals surface area contributed by atoms with Gasteiger partial charge in [-0.3, -0.25) is 0 Å². The first-order chi connectivity index (χ1) is 14.7. The van der Waals surface area contributed by atoms with Gasteiger partial charge in [0.05, 0.1) is 10.6 Å². The van der Waals surface area contributed by atoms with E-state index < -0.39 is 10.0 Å². The Bertz CT molecular complexity index is 1410. The lowest BCUT2D eigenvalue weighted by molar-refractivity contribution is 0.580. The van der Waals surface area contributed by atoms with Gasteiger partial charge in [-0.1, -0.05) is 35.9 Å². The summed E-state index contributed by atoms with van der Waals surface area (Å²) in [5.74, 6) is 0. The van der Waals surface area contributed by atoms with E-state index in [1.165, 1.54) is 0 Å². The Morgan fingerprint density at radius 1 is 1.03 bits per heavy atom. The SMILES string of the molecule is Cc1cc(C)n2nc(C)c(-c3ccc(C)c(S(=O)(=O)NCc4cccc(Cl)c4)c3)c2n1. The Balaban J connectivity index is 1.76. The second kappa shape index (κ2) is 8.07. The van der Waals surface area contributed by atoms with E-state index >= 15 is 0 Å². The van der Waals surface area contributed by atoms with Crippen molar-refractivity contribution in [2.45, 2.75) is 39.1 Å². The fourth-order valence-electron chi connectivity index (χ4n) is 3.71. The Morgan fingerprint density at radius 3 is 2.55 bits per heavy atom. The summed E-state index contributed by atoms with van der Waals surface area (Å²) in [6.45, 7) is 7.76. The van der Waals surface area contributed by atoms with Crippen molar-refractivity contribution in [3.05, 3.63) is 81.8 Å². The number of hydrogen-bond donors (Lipinski definition) is 1. The smallest absolute Gasteiger partial charge is 0.233 e. The van der Waals surface area contributed by atoms with Crippen LogP contribution >= 0.6 is 11.6 Å². The average Bonchev–Trinajstić information content (AvgIpc) is 3.03. The molecule has 0 aliphatic carbocycles. The van der Waals surface area contributed by atoms with E-state index in [0.717, 1.165) is 33.8 Å². The number of rotatable bonds is 5. The number of nitrogens with one attached hydrogen (secondary N) is 1. The maximum atomic E-state index is 13.1. The molecule has 1 N–H and O–H groups in total. The molecule has 4 rings (SSSR count). The van der Waals surface area contributed by atoms with Gasteiger partial charge in [-0.15, -0.1) is 0 Å². The van der Waals surface area contributed by atoms with Crippen LogP contribution in [0.3, 0.4) is 0 Å². The van der Waals surface area contributed by atoms with Crippen LogP contribution in [0.1, 0.15) is 28.2 Å². The normalized spacial score (nSPS) is 11.9. The van der Waals surface area contributed by atoms with Crippen molar-refractivity contribution in [1.82, 2.24) is 19.3 Å². The fraction of sp³-hybridized carbons (Fsp3) is 0.217. The number of aromatic nitrogens is 3. The zero-order chi connectivity index (χ0) is 22.3. The van der Waals surface area contributed by atoms with Crippen LogP contribution < -0.4 is 4.72 Å². The maximum absolute atomic E-state index is 13.1. The molecule has 4 aromatic rings. The lowest BCUT2D eigenvalue weighted by Gasteiger charge is -2.12. The van der Waals surface area contributed by atoms with E-state index in [-0.39, 0.29) is 11.4 Å². The van der Waals surface area contributed by atoms with Crippen LogP contribution in [0.15, 0.2) is 53.4 Å². The van der Waals surface area contributed by atoms with Gasteiger partial charge in [-0.2, -0.15) is 5.10 Å². The summed E-state index contributed by atoms with van der Waals surface area (Å²) in [4.78, 5) is 4.89. The van der Waals surface area contributed by atoms with E-state index in [0.29, 0.717) is 16.2 Å². The standard InChI is InChI=1S/C23H23ClN4O2S/c1-14-8-9-19(22-17(4)27-28-16(3)10-15(2)26-23(22)28)12-21(14)31(29,30)25-13-18-6-5-7-20(24)11-18/h5-12,25H,13H2,1-4H3. The van der Waals surface area contributed by atoms with Gasteiger partial charge in [0.15, 0.2) is 5.65 Å². The van der Waals surface area contributed by atoms with Crippen LogP contribution in [0.25, 0.3) is 16.8 Å². The Labute approximate surface area is 187 Å². The molecule has 0 atom stereocenters. The predicted molar refractivity (Wildman–Crippen MR) is 123 cm³/mol. The second-order valence-electron chi connectivity index (χ2n) is 7.67. The van der Waals surface area contributed by atoms with Gasteiger partial charge in [0.2, 0.25) is 10.0 Å². The summed E-state index contributed by atoms with van der Waals surface area (Å²) in [7, 11) is -3.74. The largest absolute Gasteiger partial charge is 0.241 e. The lowest BCUT2D eigenvalue weighted by Crippen LogP contribution is -2.24. The number of halogens is 1. The lowest BCUT2D eigenvalue weighted by atomic mass is 10.0. The van der Waals surface area contributed by atoms with Gasteiger partial charge in [-0.05, 0) is 68.7 Å². The molecular weight excluding hydrogens is 432 g/mol. The van der Waals surface area contributed by atoms with Gasteiger partial charge in [0.25, 0.3) is 0 Å². The Morgan fingerprint density at radius 2 is 1.81 bits per heavy atom. The first-order valence-electron chi connectivity index (χ1n) is 9.84. The summed E-state index contributed by atoms with van der Waals surface area (Å²) < 4.78 is 30.7. The van der Waals surface area contributed by atoms with Crippen LogP contribution in [-0.2, 0) is 16.6 Å². The molecule has 0 spiro atoms. The number of nitrogens with zero attached hydrogens (tertiary/aromatic N) is 3. The van der Waals surface area contributed by atoms with Crippen molar-refractivity contribution in [3.63, 3.8) is 0 Å². The zero-order valence-electron chi connectivity index (χ0n) is 17.8. The molecule has 0 unspecified atom stereocenters. The highest BCUT2D eigenvalue weighted by Gasteiger charge is 2.21. The summed E-state index contributed by atoms with van der Waals surface area (Å²) in [5, 5.41) is 5.17. The molecule has 8 heteroatoms. The Kier molecular flexibility index (Phi) is 5.60. The van der Waals surface area contributed by atoms with E-state index in [4.69, 9.17) is 11.6 Å². The summed E-state index contributed by atoms with van der Waals surface area (Å²) in [5.41, 5.74) is 6.41. The summed E-state index contributed by atoms with van der Waals surface area (Å²) >= 11 is 6.01. The van der Waals surface area contributed by atoms with Crippen LogP contribution in [-0.4, -0.2) is 23.0 Å². The minimum Gasteiger partial charge on any atom is -0.233 e. The molecule has 0 saturated carbocycles. The third kappa shape index (κ3) is 4.21. The highest BCUT2D eigenvalue weighted by molar-refractivity contribution is 7.89. The van der Waals surface area contributed by atoms with Crippen LogP contribution in [0, 0.1) is 27.7 Å². The molecule has 6 nitrogen and oxygen atoms in total. The molecule has 0 amide bonds. The molecule has 2 aromatic carbocycles. The number of fused-ring (bicyclic) bond motifs is 1. The number of benzene rings is 2. The molecule has 0 bridgehead atoms. The molecule has 0 radical (unpaired) electrons. The second-order valence-corrected chi connectivity index (χ2v) is 9.84. The van der Waals surface area contributed by atoms with Gasteiger partial charge in [0, 0.05) is 28.5 Å². The van der Waals surface area contributed by atoms with E-state index in [2.05, 4.69) is 14.8 Å². The van der Waals surface area contributed by atoms with E-state index in [1.807, 2.05) is 45.0 Å². The molecule has 0 saturated heterocycles. The van der Waals surface area contributed by atoms with Crippen LogP contribution in [0.4, 0.5) is 0 Å². The fourth-order valence-corrected chi connectivity index (χ4v) is 5.21. The van der Waals surface area contributed by atoms with Crippen molar-refractivity contribution in [3.8, 4) is 11.1 Å². The number of hydrogen-bond acceptors (Lipinski definition) is 4. The van der Waals surface area contributed by atoms with Gasteiger partial charge in [0.1, 0.15) is 0 Å². The van der Waals surface area contributed by atoms with Crippen molar-refractivity contribution >= 4 is 27.3 Å². The van der Waals surface area contributed by atoms with Gasteiger partial charge < -0.3 is 0 Å². The highest BCUT2D eigenvalue weighted by Crippen LogP contribution is 2.31. The van der Waals surface area contributed by atoms with E-state index in [9.17, 15) is 8.42 Å². The number of aryl methyl sites for hydroxylation is 4. The minimum absolute atomic E-state index is 0.155. The third-order valence-corrected chi connectivity index (χ3v) is 6.97. The molecule has 2 aromatic heterocycles. The third-order valence-electron chi connectivity index (χ3n) is 5.19. The summed E-state index contributed by atoms with van der Waals surface area (Å²) in [6.07, 6.45) is 0. The quantitative estimate of drug-likeness (QED) is 0.471. The van der Waals surface area contributed by atoms with Crippen molar-refractivity contribution in [1.29, 1.82) is 0 Å². The maximum Gasteiger partial charge on any atom is 0.241 e. The number of sulfonamides is 1. The Hall–Kier alpha value is -2.74. The summed E-state index contributed by atoms with van der Waals surface area (Å²) in [6, 6.07) is 14.5. The highest BCUT2D eigenvalue weighted by atomic mass is 35.5. The molecule has 0 fully saturated rings. The molecular formula is C23H23ClN4O2S. The molecule has 0 aliphatic heterocycles.